The van der Waals surface area contributed by atoms with Gasteiger partial charge in [0.25, 0.3) is 10.1 Å². The van der Waals surface area contributed by atoms with Gasteiger partial charge in [0.2, 0.25) is 0 Å². The quantitative estimate of drug-likeness (QED) is 0.386. The molecule has 2 aliphatic rings. The van der Waals surface area contributed by atoms with Crippen molar-refractivity contribution in [3.8, 4) is 0 Å². The number of ether oxygens (including phenoxy) is 5. The Balaban J connectivity index is 1.53. The molecule has 0 saturated carbocycles. The Hall–Kier alpha value is -2.34. The van der Waals surface area contributed by atoms with Gasteiger partial charge in [-0.3, -0.25) is 4.18 Å². The van der Waals surface area contributed by atoms with Crippen LogP contribution in [0.3, 0.4) is 0 Å². The van der Waals surface area contributed by atoms with Crippen molar-refractivity contribution in [2.45, 2.75) is 56.9 Å². The fourth-order valence-corrected chi connectivity index (χ4v) is 4.59. The van der Waals surface area contributed by atoms with Crippen molar-refractivity contribution in [1.29, 1.82) is 0 Å². The van der Waals surface area contributed by atoms with E-state index >= 15 is 0 Å². The molecule has 5 atom stereocenters. The van der Waals surface area contributed by atoms with Gasteiger partial charge in [-0.25, -0.2) is 4.79 Å². The molecule has 2 aromatic carbocycles. The molecule has 34 heavy (non-hydrogen) atoms. The molecule has 0 radical (unpaired) electrons. The summed E-state index contributed by atoms with van der Waals surface area (Å²) >= 11 is 0. The standard InChI is InChI=1S/C24H28O9S/c1-24(2)31-21-20(28-14-16-10-6-4-7-11-16)19(30-23(21)32-24)18(33-34(3,26)27)15-29-22(25)17-12-8-5-9-13-17/h4-13,18-21,23H,14-15H2,1-3H3/t18-,19-,20-,21?,23-/m0/s1. The number of benzene rings is 2. The van der Waals surface area contributed by atoms with E-state index in [2.05, 4.69) is 0 Å². The summed E-state index contributed by atoms with van der Waals surface area (Å²) in [6.07, 6.45) is -3.35. The van der Waals surface area contributed by atoms with Crippen molar-refractivity contribution in [1.82, 2.24) is 0 Å². The lowest BCUT2D eigenvalue weighted by Crippen LogP contribution is -2.46. The van der Waals surface area contributed by atoms with Crippen LogP contribution in [-0.2, 0) is 44.6 Å². The lowest BCUT2D eigenvalue weighted by Gasteiger charge is -2.30. The van der Waals surface area contributed by atoms with Crippen molar-refractivity contribution >= 4 is 16.1 Å². The molecule has 9 nitrogen and oxygen atoms in total. The number of esters is 1. The summed E-state index contributed by atoms with van der Waals surface area (Å²) in [5.74, 6) is -1.52. The fraction of sp³-hybridized carbons (Fsp3) is 0.458. The van der Waals surface area contributed by atoms with Gasteiger partial charge < -0.3 is 23.7 Å². The molecule has 2 aromatic rings. The predicted octanol–water partition coefficient (Wildman–Crippen LogP) is 2.65. The Morgan fingerprint density at radius 3 is 2.32 bits per heavy atom. The molecule has 10 heteroatoms. The van der Waals surface area contributed by atoms with Gasteiger partial charge in [-0.2, -0.15) is 8.42 Å². The first-order valence-electron chi connectivity index (χ1n) is 10.9. The highest BCUT2D eigenvalue weighted by Gasteiger charge is 2.58. The van der Waals surface area contributed by atoms with Gasteiger partial charge in [0.1, 0.15) is 31.0 Å². The fourth-order valence-electron chi connectivity index (χ4n) is 3.98. The zero-order valence-electron chi connectivity index (χ0n) is 19.2. The van der Waals surface area contributed by atoms with Crippen molar-refractivity contribution in [3.05, 3.63) is 71.8 Å². The maximum Gasteiger partial charge on any atom is 0.338 e. The van der Waals surface area contributed by atoms with Gasteiger partial charge >= 0.3 is 5.97 Å². The zero-order valence-corrected chi connectivity index (χ0v) is 20.0. The van der Waals surface area contributed by atoms with Gasteiger partial charge in [0, 0.05) is 0 Å². The first kappa shape index (κ1) is 24.8. The van der Waals surface area contributed by atoms with E-state index in [9.17, 15) is 13.2 Å². The number of hydrogen-bond donors (Lipinski definition) is 0. The number of hydrogen-bond acceptors (Lipinski definition) is 9. The van der Waals surface area contributed by atoms with E-state index in [4.69, 9.17) is 27.9 Å². The topological polar surface area (TPSA) is 107 Å². The smallest absolute Gasteiger partial charge is 0.338 e. The average Bonchev–Trinajstić information content (AvgIpc) is 3.27. The second-order valence-corrected chi connectivity index (χ2v) is 10.2. The summed E-state index contributed by atoms with van der Waals surface area (Å²) in [5.41, 5.74) is 1.24. The first-order valence-corrected chi connectivity index (χ1v) is 12.7. The number of carbonyl (C=O) groups is 1. The molecule has 2 fully saturated rings. The second kappa shape index (κ2) is 10.1. The van der Waals surface area contributed by atoms with Crippen LogP contribution in [-0.4, -0.2) is 63.7 Å². The van der Waals surface area contributed by atoms with Gasteiger partial charge in [0.15, 0.2) is 12.1 Å². The summed E-state index contributed by atoms with van der Waals surface area (Å²) in [5, 5.41) is 0. The first-order chi connectivity index (χ1) is 16.1. The molecular weight excluding hydrogens is 464 g/mol. The SMILES string of the molecule is CC1(C)OC2[C@@H](O[C@@H]([C@H](COC(=O)c3ccccc3)OS(C)(=O)=O)[C@@H]2OCc2ccccc2)O1. The summed E-state index contributed by atoms with van der Waals surface area (Å²) < 4.78 is 58.7. The molecule has 4 rings (SSSR count). The highest BCUT2D eigenvalue weighted by Crippen LogP contribution is 2.40. The van der Waals surface area contributed by atoms with E-state index in [1.807, 2.05) is 30.3 Å². The summed E-state index contributed by atoms with van der Waals surface area (Å²) in [7, 11) is -3.92. The third-order valence-corrected chi connectivity index (χ3v) is 5.96. The van der Waals surface area contributed by atoms with Crippen LogP contribution < -0.4 is 0 Å². The molecular formula is C24H28O9S. The van der Waals surface area contributed by atoms with E-state index < -0.39 is 52.6 Å². The maximum absolute atomic E-state index is 12.5. The van der Waals surface area contributed by atoms with Crippen LogP contribution in [0.15, 0.2) is 60.7 Å². The third kappa shape index (κ3) is 6.21. The molecule has 184 valence electrons. The molecule has 0 spiro atoms. The van der Waals surface area contributed by atoms with Crippen LogP contribution in [0.25, 0.3) is 0 Å². The van der Waals surface area contributed by atoms with E-state index in [0.717, 1.165) is 11.8 Å². The Morgan fingerprint density at radius 2 is 1.68 bits per heavy atom. The molecule has 0 aliphatic carbocycles. The monoisotopic (exact) mass is 492 g/mol. The minimum atomic E-state index is -3.92. The average molecular weight is 493 g/mol. The van der Waals surface area contributed by atoms with E-state index in [1.165, 1.54) is 0 Å². The Bertz CT molecular complexity index is 1070. The van der Waals surface area contributed by atoms with E-state index in [-0.39, 0.29) is 13.2 Å². The van der Waals surface area contributed by atoms with Crippen molar-refractivity contribution in [3.63, 3.8) is 0 Å². The van der Waals surface area contributed by atoms with Gasteiger partial charge in [0.05, 0.1) is 18.4 Å². The van der Waals surface area contributed by atoms with E-state index in [0.29, 0.717) is 5.56 Å². The van der Waals surface area contributed by atoms with Crippen LogP contribution in [0, 0.1) is 0 Å². The van der Waals surface area contributed by atoms with Crippen LogP contribution >= 0.6 is 0 Å². The van der Waals surface area contributed by atoms with Crippen molar-refractivity contribution in [2.24, 2.45) is 0 Å². The molecule has 0 bridgehead atoms. The van der Waals surface area contributed by atoms with E-state index in [1.54, 1.807) is 44.2 Å². The molecule has 0 aromatic heterocycles. The van der Waals surface area contributed by atoms with Crippen LogP contribution in [0.1, 0.15) is 29.8 Å². The molecule has 0 N–H and O–H groups in total. The lowest BCUT2D eigenvalue weighted by molar-refractivity contribution is -0.230. The number of carbonyl (C=O) groups excluding carboxylic acids is 1. The van der Waals surface area contributed by atoms with Gasteiger partial charge in [-0.05, 0) is 31.5 Å². The largest absolute Gasteiger partial charge is 0.459 e. The highest BCUT2D eigenvalue weighted by molar-refractivity contribution is 7.86. The van der Waals surface area contributed by atoms with Crippen molar-refractivity contribution in [2.75, 3.05) is 12.9 Å². The number of rotatable bonds is 9. The summed E-state index contributed by atoms with van der Waals surface area (Å²) in [6.45, 7) is 3.36. The Labute approximate surface area is 199 Å². The summed E-state index contributed by atoms with van der Waals surface area (Å²) in [6, 6.07) is 17.9. The van der Waals surface area contributed by atoms with Gasteiger partial charge in [-0.1, -0.05) is 48.5 Å². The maximum atomic E-state index is 12.5. The van der Waals surface area contributed by atoms with Crippen molar-refractivity contribution < 1.29 is 41.1 Å². The minimum Gasteiger partial charge on any atom is -0.459 e. The predicted molar refractivity (Wildman–Crippen MR) is 120 cm³/mol. The normalized spacial score (nSPS) is 26.7. The van der Waals surface area contributed by atoms with Gasteiger partial charge in [-0.15, -0.1) is 0 Å². The molecule has 1 unspecified atom stereocenters. The highest BCUT2D eigenvalue weighted by atomic mass is 32.2. The zero-order chi connectivity index (χ0) is 24.3. The molecule has 0 amide bonds. The minimum absolute atomic E-state index is 0.230. The Morgan fingerprint density at radius 1 is 1.03 bits per heavy atom. The molecule has 2 saturated heterocycles. The molecule has 2 heterocycles. The van der Waals surface area contributed by atoms with Crippen LogP contribution in [0.2, 0.25) is 0 Å². The third-order valence-electron chi connectivity index (χ3n) is 5.37. The van der Waals surface area contributed by atoms with Crippen LogP contribution in [0.4, 0.5) is 0 Å². The second-order valence-electron chi connectivity index (χ2n) is 8.63. The number of fused-ring (bicyclic) bond motifs is 1. The Kier molecular flexibility index (Phi) is 7.36. The molecule has 2 aliphatic heterocycles. The summed E-state index contributed by atoms with van der Waals surface area (Å²) in [4.78, 5) is 12.5. The van der Waals surface area contributed by atoms with Crippen LogP contribution in [0.5, 0.6) is 0 Å². The lowest BCUT2D eigenvalue weighted by atomic mass is 10.1.